The normalized spacial score (nSPS) is 12.7. The molecular formula is C15H21N3O. The van der Waals surface area contributed by atoms with Gasteiger partial charge in [0.25, 0.3) is 0 Å². The molecule has 4 nitrogen and oxygen atoms in total. The van der Waals surface area contributed by atoms with Crippen LogP contribution in [0.1, 0.15) is 44.0 Å². The van der Waals surface area contributed by atoms with E-state index in [-0.39, 0.29) is 6.04 Å². The molecular weight excluding hydrogens is 238 g/mol. The van der Waals surface area contributed by atoms with Crippen LogP contribution in [0.2, 0.25) is 0 Å². The van der Waals surface area contributed by atoms with E-state index in [1.807, 2.05) is 42.1 Å². The number of methoxy groups -OCH3 is 1. The third-order valence-electron chi connectivity index (χ3n) is 3.17. The van der Waals surface area contributed by atoms with Crippen LogP contribution in [-0.2, 0) is 0 Å². The number of nitrogens with zero attached hydrogens (tertiary/aromatic N) is 2. The van der Waals surface area contributed by atoms with Crippen molar-refractivity contribution in [1.29, 1.82) is 0 Å². The molecule has 0 aliphatic carbocycles. The van der Waals surface area contributed by atoms with Crippen molar-refractivity contribution in [3.63, 3.8) is 0 Å². The molecule has 0 aliphatic rings. The van der Waals surface area contributed by atoms with Crippen LogP contribution in [0.5, 0.6) is 5.75 Å². The van der Waals surface area contributed by atoms with Crippen LogP contribution in [0, 0.1) is 0 Å². The standard InChI is InChI=1S/C15H21N3O/c1-10(2)12-8-9-18(17-12)13-6-5-7-14(19-4)15(13)11(3)16/h5-11H,16H2,1-4H3/t11-/m1/s1. The molecule has 0 unspecified atom stereocenters. The minimum Gasteiger partial charge on any atom is -0.496 e. The van der Waals surface area contributed by atoms with E-state index in [0.29, 0.717) is 5.92 Å². The number of nitrogens with two attached hydrogens (primary N) is 1. The summed E-state index contributed by atoms with van der Waals surface area (Å²) in [5.41, 5.74) is 9.09. The van der Waals surface area contributed by atoms with Gasteiger partial charge >= 0.3 is 0 Å². The fourth-order valence-electron chi connectivity index (χ4n) is 2.15. The van der Waals surface area contributed by atoms with Crippen LogP contribution in [0.15, 0.2) is 30.5 Å². The van der Waals surface area contributed by atoms with E-state index in [0.717, 1.165) is 22.7 Å². The zero-order valence-corrected chi connectivity index (χ0v) is 11.9. The lowest BCUT2D eigenvalue weighted by Gasteiger charge is -2.16. The van der Waals surface area contributed by atoms with Crippen LogP contribution >= 0.6 is 0 Å². The topological polar surface area (TPSA) is 53.1 Å². The second-order valence-electron chi connectivity index (χ2n) is 5.02. The molecule has 102 valence electrons. The van der Waals surface area contributed by atoms with Gasteiger partial charge in [-0.2, -0.15) is 5.10 Å². The minimum absolute atomic E-state index is 0.113. The fourth-order valence-corrected chi connectivity index (χ4v) is 2.15. The molecule has 2 aromatic rings. The zero-order valence-electron chi connectivity index (χ0n) is 11.9. The van der Waals surface area contributed by atoms with E-state index < -0.39 is 0 Å². The largest absolute Gasteiger partial charge is 0.496 e. The third kappa shape index (κ3) is 2.63. The fraction of sp³-hybridized carbons (Fsp3) is 0.400. The predicted molar refractivity (Wildman–Crippen MR) is 76.8 cm³/mol. The Labute approximate surface area is 114 Å². The molecule has 0 amide bonds. The van der Waals surface area contributed by atoms with Crippen molar-refractivity contribution in [3.05, 3.63) is 41.7 Å². The highest BCUT2D eigenvalue weighted by Crippen LogP contribution is 2.30. The lowest BCUT2D eigenvalue weighted by atomic mass is 10.1. The Hall–Kier alpha value is -1.81. The van der Waals surface area contributed by atoms with E-state index in [1.54, 1.807) is 7.11 Å². The van der Waals surface area contributed by atoms with E-state index >= 15 is 0 Å². The summed E-state index contributed by atoms with van der Waals surface area (Å²) in [6, 6.07) is 7.82. The molecule has 0 aliphatic heterocycles. The predicted octanol–water partition coefficient (Wildman–Crippen LogP) is 3.02. The maximum atomic E-state index is 6.07. The molecule has 2 rings (SSSR count). The van der Waals surface area contributed by atoms with Crippen LogP contribution in [-0.4, -0.2) is 16.9 Å². The first kappa shape index (κ1) is 13.6. The lowest BCUT2D eigenvalue weighted by Crippen LogP contribution is -2.12. The lowest BCUT2D eigenvalue weighted by molar-refractivity contribution is 0.406. The van der Waals surface area contributed by atoms with Crippen molar-refractivity contribution in [1.82, 2.24) is 9.78 Å². The Morgan fingerprint density at radius 3 is 2.47 bits per heavy atom. The summed E-state index contributed by atoms with van der Waals surface area (Å²) >= 11 is 0. The maximum Gasteiger partial charge on any atom is 0.125 e. The van der Waals surface area contributed by atoms with Crippen molar-refractivity contribution >= 4 is 0 Å². The molecule has 0 spiro atoms. The van der Waals surface area contributed by atoms with Crippen LogP contribution < -0.4 is 10.5 Å². The van der Waals surface area contributed by atoms with Gasteiger partial charge in [-0.3, -0.25) is 0 Å². The summed E-state index contributed by atoms with van der Waals surface area (Å²) < 4.78 is 7.27. The van der Waals surface area contributed by atoms with Crippen molar-refractivity contribution in [3.8, 4) is 11.4 Å². The van der Waals surface area contributed by atoms with Gasteiger partial charge in [-0.25, -0.2) is 4.68 Å². The molecule has 0 radical (unpaired) electrons. The van der Waals surface area contributed by atoms with E-state index in [1.165, 1.54) is 0 Å². The van der Waals surface area contributed by atoms with Gasteiger partial charge in [-0.15, -0.1) is 0 Å². The molecule has 19 heavy (non-hydrogen) atoms. The molecule has 1 aromatic carbocycles. The highest BCUT2D eigenvalue weighted by atomic mass is 16.5. The first-order valence-electron chi connectivity index (χ1n) is 6.53. The summed E-state index contributed by atoms with van der Waals surface area (Å²) in [5, 5.41) is 4.60. The highest BCUT2D eigenvalue weighted by Gasteiger charge is 2.15. The molecule has 1 atom stereocenters. The Balaban J connectivity index is 2.54. The monoisotopic (exact) mass is 259 g/mol. The molecule has 0 saturated carbocycles. The number of benzene rings is 1. The molecule has 0 fully saturated rings. The van der Waals surface area contributed by atoms with Gasteiger partial charge in [0, 0.05) is 17.8 Å². The van der Waals surface area contributed by atoms with Crippen molar-refractivity contribution in [2.45, 2.75) is 32.7 Å². The maximum absolute atomic E-state index is 6.07. The van der Waals surface area contributed by atoms with Gasteiger partial charge in [-0.1, -0.05) is 19.9 Å². The van der Waals surface area contributed by atoms with Crippen LogP contribution in [0.3, 0.4) is 0 Å². The van der Waals surface area contributed by atoms with Gasteiger partial charge in [0.2, 0.25) is 0 Å². The number of rotatable bonds is 4. The molecule has 0 saturated heterocycles. The van der Waals surface area contributed by atoms with Crippen LogP contribution in [0.25, 0.3) is 5.69 Å². The van der Waals surface area contributed by atoms with Crippen molar-refractivity contribution in [2.24, 2.45) is 5.73 Å². The van der Waals surface area contributed by atoms with Crippen molar-refractivity contribution in [2.75, 3.05) is 7.11 Å². The second kappa shape index (κ2) is 5.45. The van der Waals surface area contributed by atoms with Crippen LogP contribution in [0.4, 0.5) is 0 Å². The smallest absolute Gasteiger partial charge is 0.125 e. The number of hydrogen-bond acceptors (Lipinski definition) is 3. The number of ether oxygens (including phenoxy) is 1. The van der Waals surface area contributed by atoms with Crippen molar-refractivity contribution < 1.29 is 4.74 Å². The highest BCUT2D eigenvalue weighted by molar-refractivity contribution is 5.51. The van der Waals surface area contributed by atoms with E-state index in [2.05, 4.69) is 18.9 Å². The summed E-state index contributed by atoms with van der Waals surface area (Å²) in [6.07, 6.45) is 1.97. The summed E-state index contributed by atoms with van der Waals surface area (Å²) in [5.74, 6) is 1.21. The average molecular weight is 259 g/mol. The zero-order chi connectivity index (χ0) is 14.0. The summed E-state index contributed by atoms with van der Waals surface area (Å²) in [6.45, 7) is 6.21. The van der Waals surface area contributed by atoms with Gasteiger partial charge in [0.15, 0.2) is 0 Å². The molecule has 0 bridgehead atoms. The Morgan fingerprint density at radius 2 is 1.95 bits per heavy atom. The minimum atomic E-state index is -0.113. The quantitative estimate of drug-likeness (QED) is 0.918. The second-order valence-corrected chi connectivity index (χ2v) is 5.02. The SMILES string of the molecule is COc1cccc(-n2ccc(C(C)C)n2)c1[C@@H](C)N. The molecule has 4 heteroatoms. The van der Waals surface area contributed by atoms with E-state index in [4.69, 9.17) is 10.5 Å². The Morgan fingerprint density at radius 1 is 1.21 bits per heavy atom. The Bertz CT molecular complexity index is 558. The third-order valence-corrected chi connectivity index (χ3v) is 3.17. The van der Waals surface area contributed by atoms with E-state index in [9.17, 15) is 0 Å². The summed E-state index contributed by atoms with van der Waals surface area (Å²) in [4.78, 5) is 0. The first-order chi connectivity index (χ1) is 9.04. The molecule has 1 aromatic heterocycles. The first-order valence-corrected chi connectivity index (χ1v) is 6.53. The van der Waals surface area contributed by atoms with Gasteiger partial charge < -0.3 is 10.5 Å². The summed E-state index contributed by atoms with van der Waals surface area (Å²) in [7, 11) is 1.66. The number of aromatic nitrogens is 2. The molecule has 1 heterocycles. The average Bonchev–Trinajstić information content (AvgIpc) is 2.87. The van der Waals surface area contributed by atoms with Gasteiger partial charge in [0.1, 0.15) is 5.75 Å². The Kier molecular flexibility index (Phi) is 3.90. The van der Waals surface area contributed by atoms with Gasteiger partial charge in [-0.05, 0) is 31.0 Å². The number of hydrogen-bond donors (Lipinski definition) is 1. The van der Waals surface area contributed by atoms with Gasteiger partial charge in [0.05, 0.1) is 18.5 Å². The molecule has 2 N–H and O–H groups in total.